The maximum Gasteiger partial charge on any atom is 0.321 e. The number of rotatable bonds is 7. The van der Waals surface area contributed by atoms with Crippen molar-refractivity contribution in [3.63, 3.8) is 0 Å². The monoisotopic (exact) mass is 337 g/mol. The predicted molar refractivity (Wildman–Crippen MR) is 93.3 cm³/mol. The Morgan fingerprint density at radius 2 is 1.83 bits per heavy atom. The van der Waals surface area contributed by atoms with Crippen molar-refractivity contribution in [1.29, 1.82) is 0 Å². The SMILES string of the molecule is COCCOc1ccccc1N[C@H](C)C(=O)NC(=O)NC(C)(C)C. The summed E-state index contributed by atoms with van der Waals surface area (Å²) in [5, 5.41) is 8.04. The zero-order valence-corrected chi connectivity index (χ0v) is 14.9. The number of ether oxygens (including phenoxy) is 2. The molecule has 0 saturated carbocycles. The van der Waals surface area contributed by atoms with Gasteiger partial charge in [0.1, 0.15) is 18.4 Å². The first-order valence-electron chi connectivity index (χ1n) is 7.83. The number of anilines is 1. The topological polar surface area (TPSA) is 88.7 Å². The van der Waals surface area contributed by atoms with E-state index in [9.17, 15) is 9.59 Å². The summed E-state index contributed by atoms with van der Waals surface area (Å²) < 4.78 is 10.6. The highest BCUT2D eigenvalue weighted by Crippen LogP contribution is 2.24. The molecule has 0 heterocycles. The summed E-state index contributed by atoms with van der Waals surface area (Å²) in [6.45, 7) is 8.07. The van der Waals surface area contributed by atoms with E-state index in [1.54, 1.807) is 26.2 Å². The summed E-state index contributed by atoms with van der Waals surface area (Å²) >= 11 is 0. The number of amides is 3. The van der Waals surface area contributed by atoms with E-state index in [1.807, 2.05) is 32.9 Å². The van der Waals surface area contributed by atoms with Crippen LogP contribution in [0, 0.1) is 0 Å². The zero-order chi connectivity index (χ0) is 18.2. The molecule has 7 nitrogen and oxygen atoms in total. The smallest absolute Gasteiger partial charge is 0.321 e. The van der Waals surface area contributed by atoms with Gasteiger partial charge in [-0.05, 0) is 39.8 Å². The molecule has 0 aliphatic carbocycles. The van der Waals surface area contributed by atoms with Crippen LogP contribution in [0.4, 0.5) is 10.5 Å². The third-order valence-corrected chi connectivity index (χ3v) is 2.92. The Morgan fingerprint density at radius 1 is 1.17 bits per heavy atom. The first kappa shape index (κ1) is 19.8. The molecule has 0 aliphatic rings. The van der Waals surface area contributed by atoms with Crippen molar-refractivity contribution in [3.05, 3.63) is 24.3 Å². The van der Waals surface area contributed by atoms with Crippen molar-refractivity contribution in [2.45, 2.75) is 39.3 Å². The molecule has 0 bridgehead atoms. The summed E-state index contributed by atoms with van der Waals surface area (Å²) in [7, 11) is 1.60. The van der Waals surface area contributed by atoms with Gasteiger partial charge in [-0.3, -0.25) is 10.1 Å². The van der Waals surface area contributed by atoms with E-state index in [2.05, 4.69) is 16.0 Å². The van der Waals surface area contributed by atoms with Crippen LogP contribution in [0.2, 0.25) is 0 Å². The molecule has 0 radical (unpaired) electrons. The fourth-order valence-corrected chi connectivity index (χ4v) is 1.84. The first-order chi connectivity index (χ1) is 11.2. The number of hydrogen-bond acceptors (Lipinski definition) is 5. The highest BCUT2D eigenvalue weighted by Gasteiger charge is 2.20. The number of carbonyl (C=O) groups excluding carboxylic acids is 2. The summed E-state index contributed by atoms with van der Waals surface area (Å²) in [6, 6.07) is 6.15. The van der Waals surface area contributed by atoms with Crippen LogP contribution in [-0.4, -0.2) is 43.8 Å². The van der Waals surface area contributed by atoms with E-state index in [0.29, 0.717) is 24.7 Å². The van der Waals surface area contributed by atoms with E-state index >= 15 is 0 Å². The maximum absolute atomic E-state index is 12.1. The molecule has 1 aromatic rings. The molecule has 0 fully saturated rings. The Bertz CT molecular complexity index is 555. The summed E-state index contributed by atoms with van der Waals surface area (Å²) in [5.74, 6) is 0.191. The molecular weight excluding hydrogens is 310 g/mol. The van der Waals surface area contributed by atoms with E-state index in [1.165, 1.54) is 0 Å². The number of methoxy groups -OCH3 is 1. The second-order valence-electron chi connectivity index (χ2n) is 6.40. The van der Waals surface area contributed by atoms with Crippen LogP contribution in [0.1, 0.15) is 27.7 Å². The third-order valence-electron chi connectivity index (χ3n) is 2.92. The van der Waals surface area contributed by atoms with Crippen molar-refractivity contribution in [2.75, 3.05) is 25.6 Å². The largest absolute Gasteiger partial charge is 0.489 e. The molecule has 0 spiro atoms. The molecule has 0 saturated heterocycles. The molecule has 24 heavy (non-hydrogen) atoms. The minimum absolute atomic E-state index is 0.407. The van der Waals surface area contributed by atoms with Crippen LogP contribution < -0.4 is 20.7 Å². The van der Waals surface area contributed by atoms with Crippen molar-refractivity contribution in [3.8, 4) is 5.75 Å². The first-order valence-corrected chi connectivity index (χ1v) is 7.83. The van der Waals surface area contributed by atoms with Crippen LogP contribution in [0.25, 0.3) is 0 Å². The second kappa shape index (κ2) is 9.12. The van der Waals surface area contributed by atoms with Gasteiger partial charge in [-0.2, -0.15) is 0 Å². The lowest BCUT2D eigenvalue weighted by Gasteiger charge is -2.22. The molecule has 1 rings (SSSR count). The number of benzene rings is 1. The molecular formula is C17H27N3O4. The lowest BCUT2D eigenvalue weighted by atomic mass is 10.1. The van der Waals surface area contributed by atoms with Crippen LogP contribution in [0.5, 0.6) is 5.75 Å². The van der Waals surface area contributed by atoms with Gasteiger partial charge >= 0.3 is 6.03 Å². The van der Waals surface area contributed by atoms with E-state index < -0.39 is 23.5 Å². The van der Waals surface area contributed by atoms with Gasteiger partial charge in [0.2, 0.25) is 5.91 Å². The van der Waals surface area contributed by atoms with Gasteiger partial charge in [0.15, 0.2) is 0 Å². The zero-order valence-electron chi connectivity index (χ0n) is 14.9. The Kier molecular flexibility index (Phi) is 7.51. The van der Waals surface area contributed by atoms with Crippen LogP contribution in [-0.2, 0) is 9.53 Å². The van der Waals surface area contributed by atoms with Gasteiger partial charge in [-0.15, -0.1) is 0 Å². The van der Waals surface area contributed by atoms with Crippen molar-refractivity contribution in [2.24, 2.45) is 0 Å². The van der Waals surface area contributed by atoms with Gasteiger partial charge in [0.05, 0.1) is 12.3 Å². The second-order valence-corrected chi connectivity index (χ2v) is 6.40. The Morgan fingerprint density at radius 3 is 2.46 bits per heavy atom. The number of nitrogens with one attached hydrogen (secondary N) is 3. The fourth-order valence-electron chi connectivity index (χ4n) is 1.84. The highest BCUT2D eigenvalue weighted by atomic mass is 16.5. The number of hydrogen-bond donors (Lipinski definition) is 3. The Labute approximate surface area is 143 Å². The molecule has 3 amide bonds. The quantitative estimate of drug-likeness (QED) is 0.663. The van der Waals surface area contributed by atoms with Crippen LogP contribution in [0.15, 0.2) is 24.3 Å². The molecule has 7 heteroatoms. The number of imide groups is 1. The highest BCUT2D eigenvalue weighted by molar-refractivity contribution is 5.98. The minimum atomic E-state index is -0.608. The lowest BCUT2D eigenvalue weighted by molar-refractivity contribution is -0.120. The summed E-state index contributed by atoms with van der Waals surface area (Å²) in [4.78, 5) is 23.9. The predicted octanol–water partition coefficient (Wildman–Crippen LogP) is 2.14. The van der Waals surface area contributed by atoms with E-state index in [4.69, 9.17) is 9.47 Å². The third kappa shape index (κ3) is 7.32. The average molecular weight is 337 g/mol. The fraction of sp³-hybridized carbons (Fsp3) is 0.529. The van der Waals surface area contributed by atoms with Gasteiger partial charge in [0.25, 0.3) is 0 Å². The van der Waals surface area contributed by atoms with Gasteiger partial charge in [-0.25, -0.2) is 4.79 Å². The number of carbonyl (C=O) groups is 2. The molecule has 0 unspecified atom stereocenters. The van der Waals surface area contributed by atoms with Crippen molar-refractivity contribution < 1.29 is 19.1 Å². The standard InChI is InChI=1S/C17H27N3O4/c1-12(15(21)19-16(22)20-17(2,3)4)18-13-8-6-7-9-14(13)24-11-10-23-5/h6-9,12,18H,10-11H2,1-5H3,(H2,19,20,21,22)/t12-/m1/s1. The average Bonchev–Trinajstić information content (AvgIpc) is 2.47. The maximum atomic E-state index is 12.1. The Balaban J connectivity index is 2.62. The molecule has 1 aromatic carbocycles. The van der Waals surface area contributed by atoms with Crippen LogP contribution >= 0.6 is 0 Å². The Hall–Kier alpha value is -2.28. The summed E-state index contributed by atoms with van der Waals surface area (Å²) in [6.07, 6.45) is 0. The normalized spacial score (nSPS) is 12.2. The van der Waals surface area contributed by atoms with E-state index in [-0.39, 0.29) is 0 Å². The number of para-hydroxylation sites is 2. The molecule has 0 aromatic heterocycles. The van der Waals surface area contributed by atoms with Gasteiger partial charge in [0, 0.05) is 12.6 Å². The van der Waals surface area contributed by atoms with Crippen molar-refractivity contribution >= 4 is 17.6 Å². The van der Waals surface area contributed by atoms with Gasteiger partial charge in [-0.1, -0.05) is 12.1 Å². The number of urea groups is 1. The van der Waals surface area contributed by atoms with Gasteiger partial charge < -0.3 is 20.1 Å². The molecule has 134 valence electrons. The van der Waals surface area contributed by atoms with E-state index in [0.717, 1.165) is 0 Å². The summed E-state index contributed by atoms with van der Waals surface area (Å²) in [5.41, 5.74) is 0.260. The van der Waals surface area contributed by atoms with Crippen LogP contribution in [0.3, 0.4) is 0 Å². The molecule has 1 atom stereocenters. The van der Waals surface area contributed by atoms with Crippen molar-refractivity contribution in [1.82, 2.24) is 10.6 Å². The molecule has 3 N–H and O–H groups in total. The lowest BCUT2D eigenvalue weighted by Crippen LogP contribution is -2.51. The minimum Gasteiger partial charge on any atom is -0.489 e. The molecule has 0 aliphatic heterocycles.